The Labute approximate surface area is 465 Å². The van der Waals surface area contributed by atoms with Gasteiger partial charge in [-0.1, -0.05) is 0 Å². The molecule has 2 aromatic rings. The summed E-state index contributed by atoms with van der Waals surface area (Å²) >= 11 is 0. The molecule has 1 atom stereocenters. The fourth-order valence-corrected chi connectivity index (χ4v) is 8.01. The second-order valence-electron chi connectivity index (χ2n) is 17.9. The number of ether oxygens (including phenoxy) is 14. The van der Waals surface area contributed by atoms with Gasteiger partial charge in [0.2, 0.25) is 5.91 Å². The lowest BCUT2D eigenvalue weighted by molar-refractivity contribution is -0.138. The predicted octanol–water partition coefficient (Wildman–Crippen LogP) is 5.45. The van der Waals surface area contributed by atoms with Gasteiger partial charge in [-0.3, -0.25) is 14.6 Å². The molecule has 0 radical (unpaired) electrons. The molecule has 0 aromatic heterocycles. The second kappa shape index (κ2) is 41.9. The maximum atomic E-state index is 12.7. The number of allylic oxidation sites excluding steroid dienone is 1. The van der Waals surface area contributed by atoms with E-state index in [9.17, 15) is 19.5 Å². The molecular formula is C57H87N3O19. The van der Waals surface area contributed by atoms with Gasteiger partial charge >= 0.3 is 11.9 Å². The number of benzene rings is 2. The molecule has 79 heavy (non-hydrogen) atoms. The highest BCUT2D eigenvalue weighted by Gasteiger charge is 2.35. The Kier molecular flexibility index (Phi) is 35.2. The average Bonchev–Trinajstić information content (AvgIpc) is 3.63. The molecule has 4 rings (SSSR count). The Balaban J connectivity index is 0.916. The van der Waals surface area contributed by atoms with Crippen LogP contribution < -0.4 is 20.1 Å². The Morgan fingerprint density at radius 1 is 0.595 bits per heavy atom. The third-order valence-corrected chi connectivity index (χ3v) is 11.9. The first-order chi connectivity index (χ1) is 38.6. The lowest BCUT2D eigenvalue weighted by Gasteiger charge is -2.35. The van der Waals surface area contributed by atoms with Crippen molar-refractivity contribution in [2.24, 2.45) is 4.99 Å². The number of aromatic carboxylic acids is 1. The molecule has 0 saturated carbocycles. The molecule has 1 aliphatic heterocycles. The molecule has 0 fully saturated rings. The van der Waals surface area contributed by atoms with Gasteiger partial charge in [0, 0.05) is 72.2 Å². The van der Waals surface area contributed by atoms with Gasteiger partial charge in [0.15, 0.2) is 0 Å². The molecule has 2 aliphatic rings. The Morgan fingerprint density at radius 2 is 1.08 bits per heavy atom. The van der Waals surface area contributed by atoms with Crippen LogP contribution in [-0.4, -0.2) is 225 Å². The summed E-state index contributed by atoms with van der Waals surface area (Å²) in [6.45, 7) is 20.3. The highest BCUT2D eigenvalue weighted by Crippen LogP contribution is 2.46. The van der Waals surface area contributed by atoms with Crippen LogP contribution in [0.1, 0.15) is 73.5 Å². The quantitative estimate of drug-likeness (QED) is 0.0601. The first-order valence-electron chi connectivity index (χ1n) is 27.6. The molecule has 1 amide bonds. The predicted molar refractivity (Wildman–Crippen MR) is 295 cm³/mol. The minimum absolute atomic E-state index is 0.0140. The molecule has 444 valence electrons. The molecule has 22 heteroatoms. The van der Waals surface area contributed by atoms with Gasteiger partial charge in [0.05, 0.1) is 177 Å². The zero-order valence-corrected chi connectivity index (χ0v) is 47.0. The fraction of sp³-hybridized carbons (Fsp3) is 0.649. The summed E-state index contributed by atoms with van der Waals surface area (Å²) in [4.78, 5) is 40.4. The topological polar surface area (TPSA) is 257 Å². The minimum atomic E-state index is -1.04. The van der Waals surface area contributed by atoms with Gasteiger partial charge in [-0.05, 0) is 75.6 Å². The molecule has 0 saturated heterocycles. The molecule has 22 nitrogen and oxygen atoms in total. The Morgan fingerprint density at radius 3 is 1.53 bits per heavy atom. The monoisotopic (exact) mass is 1120 g/mol. The van der Waals surface area contributed by atoms with E-state index >= 15 is 0 Å². The van der Waals surface area contributed by atoms with Crippen LogP contribution in [-0.2, 0) is 66.4 Å². The fourth-order valence-electron chi connectivity index (χ4n) is 8.01. The van der Waals surface area contributed by atoms with Crippen LogP contribution in [0.25, 0.3) is 5.57 Å². The van der Waals surface area contributed by atoms with Gasteiger partial charge < -0.3 is 87.2 Å². The van der Waals surface area contributed by atoms with E-state index in [1.165, 1.54) is 0 Å². The summed E-state index contributed by atoms with van der Waals surface area (Å²) in [6, 6.07) is 9.08. The zero-order chi connectivity index (χ0) is 56.6. The molecule has 0 bridgehead atoms. The van der Waals surface area contributed by atoms with Crippen molar-refractivity contribution in [2.45, 2.75) is 59.5 Å². The molecule has 0 spiro atoms. The van der Waals surface area contributed by atoms with Crippen molar-refractivity contribution in [3.8, 4) is 11.5 Å². The van der Waals surface area contributed by atoms with E-state index in [1.807, 2.05) is 33.8 Å². The van der Waals surface area contributed by atoms with E-state index in [0.29, 0.717) is 195 Å². The summed E-state index contributed by atoms with van der Waals surface area (Å²) in [7, 11) is 0. The number of carboxylic acid groups (broad SMARTS) is 2. The number of nitrogens with one attached hydrogen (secondary N) is 2. The van der Waals surface area contributed by atoms with Gasteiger partial charge in [-0.15, -0.1) is 0 Å². The second-order valence-corrected chi connectivity index (χ2v) is 17.9. The van der Waals surface area contributed by atoms with Crippen molar-refractivity contribution in [3.63, 3.8) is 0 Å². The lowest BCUT2D eigenvalue weighted by atomic mass is 9.80. The number of anilines is 1. The number of hydrogen-bond donors (Lipinski definition) is 4. The lowest BCUT2D eigenvalue weighted by Crippen LogP contribution is -2.31. The molecule has 4 N–H and O–H groups in total. The summed E-state index contributed by atoms with van der Waals surface area (Å²) in [6.07, 6.45) is 3.01. The summed E-state index contributed by atoms with van der Waals surface area (Å²) in [5.41, 5.74) is 7.19. The largest absolute Gasteiger partial charge is 0.494 e. The van der Waals surface area contributed by atoms with Crippen LogP contribution in [0.4, 0.5) is 5.69 Å². The third kappa shape index (κ3) is 27.8. The number of hydrogen-bond acceptors (Lipinski definition) is 19. The maximum Gasteiger partial charge on any atom is 0.336 e. The Bertz CT molecular complexity index is 2150. The van der Waals surface area contributed by atoms with Gasteiger partial charge in [0.25, 0.3) is 0 Å². The van der Waals surface area contributed by atoms with Crippen molar-refractivity contribution >= 4 is 34.8 Å². The number of carbonyl (C=O) groups is 3. The van der Waals surface area contributed by atoms with Crippen LogP contribution in [0.2, 0.25) is 0 Å². The van der Waals surface area contributed by atoms with Crippen molar-refractivity contribution < 1.29 is 90.9 Å². The van der Waals surface area contributed by atoms with E-state index in [1.54, 1.807) is 18.2 Å². The molecule has 2 aromatic carbocycles. The smallest absolute Gasteiger partial charge is 0.336 e. The molecule has 1 unspecified atom stereocenters. The summed E-state index contributed by atoms with van der Waals surface area (Å²) in [5.74, 6) is -0.858. The van der Waals surface area contributed by atoms with Crippen LogP contribution in [0, 0.1) is 6.92 Å². The minimum Gasteiger partial charge on any atom is -0.494 e. The van der Waals surface area contributed by atoms with Gasteiger partial charge in [-0.2, -0.15) is 0 Å². The van der Waals surface area contributed by atoms with E-state index < -0.39 is 11.9 Å². The van der Waals surface area contributed by atoms with Crippen molar-refractivity contribution in [2.75, 3.05) is 190 Å². The number of carbonyl (C=O) groups excluding carboxylic acids is 1. The molecule has 1 aliphatic carbocycles. The van der Waals surface area contributed by atoms with Crippen LogP contribution in [0.15, 0.2) is 52.5 Å². The highest BCUT2D eigenvalue weighted by atomic mass is 16.6. The van der Waals surface area contributed by atoms with Gasteiger partial charge in [0.1, 0.15) is 17.6 Å². The number of aliphatic imine (C=N–C) groups is 1. The van der Waals surface area contributed by atoms with E-state index in [0.717, 1.165) is 45.8 Å². The molecule has 1 heterocycles. The first-order valence-corrected chi connectivity index (χ1v) is 27.6. The average molecular weight is 1120 g/mol. The van der Waals surface area contributed by atoms with Crippen molar-refractivity contribution in [3.05, 3.63) is 69.8 Å². The number of aryl methyl sites for hydroxylation is 1. The Hall–Kier alpha value is -5.08. The highest BCUT2D eigenvalue weighted by molar-refractivity contribution is 6.05. The van der Waals surface area contributed by atoms with Crippen molar-refractivity contribution in [1.82, 2.24) is 5.32 Å². The standard InChI is InChI=1S/C57H87N3O19/c1-5-58-50-41-52-48(38-43(50)3)56(49-39-44(4)51(59-6-2)42-53(49)79-52)47-40-45(9-10-46(47)57(64)65)78-13-7-8-54(61)60-12-15-67-17-19-69-21-23-71-25-27-73-29-31-75-33-35-77-37-36-76-34-32-74-30-28-72-26-24-70-22-20-68-18-16-66-14-11-55(62)63/h9-10,38-41,53,58H,5-8,11-37,42H2,1-4H3,(H,60,61)(H,62,63)(H,64,65). The number of fused-ring (bicyclic) bond motifs is 2. The summed E-state index contributed by atoms with van der Waals surface area (Å²) in [5, 5.41) is 25.2. The van der Waals surface area contributed by atoms with E-state index in [-0.39, 0.29) is 43.6 Å². The first kappa shape index (κ1) is 66.4. The van der Waals surface area contributed by atoms with Crippen LogP contribution >= 0.6 is 0 Å². The number of amides is 1. The number of carboxylic acids is 2. The number of rotatable bonds is 49. The normalized spacial score (nSPS) is 14.5. The zero-order valence-electron chi connectivity index (χ0n) is 47.0. The maximum absolute atomic E-state index is 12.7. The number of aliphatic carboxylic acids is 1. The third-order valence-electron chi connectivity index (χ3n) is 11.9. The van der Waals surface area contributed by atoms with E-state index in [4.69, 9.17) is 76.4 Å². The SMILES string of the molecule is CCN=C1CC2Oc3cc(NCC)c(C)cc3C(c3cc(OCCCC(=O)NCCOCCOCCOCCOCCOCCOCCOCCOCCOCCOCCOCCOCCC(=O)O)ccc3C(=O)O)=C2C=C1C. The van der Waals surface area contributed by atoms with E-state index in [2.05, 4.69) is 22.8 Å². The summed E-state index contributed by atoms with van der Waals surface area (Å²) < 4.78 is 78.3. The van der Waals surface area contributed by atoms with Crippen LogP contribution in [0.3, 0.4) is 0 Å². The van der Waals surface area contributed by atoms with Gasteiger partial charge in [-0.25, -0.2) is 4.79 Å². The number of nitrogens with zero attached hydrogens (tertiary/aromatic N) is 1. The molecular weight excluding hydrogens is 1030 g/mol. The van der Waals surface area contributed by atoms with Crippen LogP contribution in [0.5, 0.6) is 11.5 Å². The van der Waals surface area contributed by atoms with Crippen molar-refractivity contribution in [1.29, 1.82) is 0 Å².